The van der Waals surface area contributed by atoms with Gasteiger partial charge in [-0.15, -0.1) is 0 Å². The van der Waals surface area contributed by atoms with Crippen LogP contribution in [0, 0.1) is 12.7 Å². The van der Waals surface area contributed by atoms with E-state index >= 15 is 0 Å². The molecule has 2 N–H and O–H groups in total. The van der Waals surface area contributed by atoms with Gasteiger partial charge in [-0.3, -0.25) is 9.59 Å². The van der Waals surface area contributed by atoms with Gasteiger partial charge in [0.05, 0.1) is 30.5 Å². The SMILES string of the molecule is COC(=O)c1ccccc1NC(=O)[C@H]1CC(=O)Nc2c(C)c(-c3ccc(F)cc3)nn21. The largest absolute Gasteiger partial charge is 0.465 e. The highest BCUT2D eigenvalue weighted by Crippen LogP contribution is 2.34. The van der Waals surface area contributed by atoms with Crippen LogP contribution in [0.2, 0.25) is 0 Å². The molecule has 2 amide bonds. The summed E-state index contributed by atoms with van der Waals surface area (Å²) < 4.78 is 19.5. The predicted molar refractivity (Wildman–Crippen MR) is 111 cm³/mol. The molecule has 0 radical (unpaired) electrons. The number of carbonyl (C=O) groups is 3. The van der Waals surface area contributed by atoms with E-state index in [2.05, 4.69) is 15.7 Å². The van der Waals surface area contributed by atoms with E-state index in [0.717, 1.165) is 0 Å². The minimum absolute atomic E-state index is 0.122. The molecule has 158 valence electrons. The van der Waals surface area contributed by atoms with Crippen molar-refractivity contribution in [2.45, 2.75) is 19.4 Å². The van der Waals surface area contributed by atoms with E-state index < -0.39 is 17.9 Å². The first-order valence-electron chi connectivity index (χ1n) is 9.52. The summed E-state index contributed by atoms with van der Waals surface area (Å²) in [5, 5.41) is 9.98. The number of benzene rings is 2. The lowest BCUT2D eigenvalue weighted by atomic mass is 10.1. The highest BCUT2D eigenvalue weighted by molar-refractivity contribution is 6.05. The Bertz CT molecular complexity index is 1190. The molecule has 0 bridgehead atoms. The Labute approximate surface area is 177 Å². The van der Waals surface area contributed by atoms with E-state index in [-0.39, 0.29) is 29.4 Å². The summed E-state index contributed by atoms with van der Waals surface area (Å²) >= 11 is 0. The zero-order valence-electron chi connectivity index (χ0n) is 16.8. The normalized spacial score (nSPS) is 15.1. The molecule has 9 heteroatoms. The zero-order valence-corrected chi connectivity index (χ0v) is 16.8. The van der Waals surface area contributed by atoms with Crippen LogP contribution in [0.4, 0.5) is 15.9 Å². The molecule has 0 unspecified atom stereocenters. The van der Waals surface area contributed by atoms with E-state index in [9.17, 15) is 18.8 Å². The van der Waals surface area contributed by atoms with Crippen LogP contribution in [0.3, 0.4) is 0 Å². The molecule has 2 heterocycles. The summed E-state index contributed by atoms with van der Waals surface area (Å²) in [6.45, 7) is 1.77. The number of para-hydroxylation sites is 1. The fraction of sp³-hybridized carbons (Fsp3) is 0.182. The lowest BCUT2D eigenvalue weighted by molar-refractivity contribution is -0.125. The highest BCUT2D eigenvalue weighted by Gasteiger charge is 2.34. The lowest BCUT2D eigenvalue weighted by Gasteiger charge is -2.24. The maximum absolute atomic E-state index is 13.3. The van der Waals surface area contributed by atoms with E-state index in [0.29, 0.717) is 22.6 Å². The molecule has 0 aliphatic carbocycles. The molecule has 2 aromatic carbocycles. The number of hydrogen-bond donors (Lipinski definition) is 2. The number of nitrogens with zero attached hydrogens (tertiary/aromatic N) is 2. The highest BCUT2D eigenvalue weighted by atomic mass is 19.1. The van der Waals surface area contributed by atoms with E-state index in [1.165, 1.54) is 30.0 Å². The van der Waals surface area contributed by atoms with Crippen molar-refractivity contribution in [2.75, 3.05) is 17.7 Å². The van der Waals surface area contributed by atoms with Gasteiger partial charge in [-0.25, -0.2) is 13.9 Å². The number of amides is 2. The monoisotopic (exact) mass is 422 g/mol. The topological polar surface area (TPSA) is 102 Å². The van der Waals surface area contributed by atoms with Crippen molar-refractivity contribution in [3.8, 4) is 11.3 Å². The number of rotatable bonds is 4. The quantitative estimate of drug-likeness (QED) is 0.628. The van der Waals surface area contributed by atoms with Gasteiger partial charge in [-0.1, -0.05) is 12.1 Å². The van der Waals surface area contributed by atoms with Crippen LogP contribution in [-0.4, -0.2) is 34.7 Å². The molecule has 31 heavy (non-hydrogen) atoms. The smallest absolute Gasteiger partial charge is 0.339 e. The van der Waals surface area contributed by atoms with Crippen molar-refractivity contribution >= 4 is 29.3 Å². The Morgan fingerprint density at radius 1 is 1.19 bits per heavy atom. The first kappa shape index (κ1) is 20.3. The Kier molecular flexibility index (Phi) is 5.24. The van der Waals surface area contributed by atoms with Crippen LogP contribution >= 0.6 is 0 Å². The lowest BCUT2D eigenvalue weighted by Crippen LogP contribution is -2.36. The molecule has 8 nitrogen and oxygen atoms in total. The number of nitrogens with one attached hydrogen (secondary N) is 2. The third-order valence-corrected chi connectivity index (χ3v) is 5.09. The molecule has 1 aliphatic heterocycles. The molecule has 1 atom stereocenters. The minimum Gasteiger partial charge on any atom is -0.465 e. The maximum Gasteiger partial charge on any atom is 0.339 e. The molecule has 4 rings (SSSR count). The van der Waals surface area contributed by atoms with E-state index in [4.69, 9.17) is 4.74 Å². The van der Waals surface area contributed by atoms with Crippen molar-refractivity contribution in [3.05, 3.63) is 65.5 Å². The molecular formula is C22H19FN4O4. The Morgan fingerprint density at radius 3 is 2.61 bits per heavy atom. The molecule has 3 aromatic rings. The molecule has 0 fully saturated rings. The van der Waals surface area contributed by atoms with Crippen molar-refractivity contribution in [1.82, 2.24) is 9.78 Å². The number of methoxy groups -OCH3 is 1. The number of esters is 1. The molecular weight excluding hydrogens is 403 g/mol. The second-order valence-electron chi connectivity index (χ2n) is 7.07. The van der Waals surface area contributed by atoms with Gasteiger partial charge in [0, 0.05) is 11.1 Å². The van der Waals surface area contributed by atoms with Crippen LogP contribution in [0.5, 0.6) is 0 Å². The summed E-state index contributed by atoms with van der Waals surface area (Å²) in [7, 11) is 1.25. The number of fused-ring (bicyclic) bond motifs is 1. The Hall–Kier alpha value is -4.01. The molecule has 0 saturated carbocycles. The van der Waals surface area contributed by atoms with Crippen molar-refractivity contribution < 1.29 is 23.5 Å². The van der Waals surface area contributed by atoms with Gasteiger partial charge < -0.3 is 15.4 Å². The first-order valence-corrected chi connectivity index (χ1v) is 9.52. The summed E-state index contributed by atoms with van der Waals surface area (Å²) in [5.74, 6) is -1.40. The second-order valence-corrected chi connectivity index (χ2v) is 7.07. The summed E-state index contributed by atoms with van der Waals surface area (Å²) in [4.78, 5) is 37.4. The number of carbonyl (C=O) groups excluding carboxylic acids is 3. The number of halogens is 1. The summed E-state index contributed by atoms with van der Waals surface area (Å²) in [5.41, 5.74) is 2.32. The second kappa shape index (κ2) is 8.02. The van der Waals surface area contributed by atoms with E-state index in [1.807, 2.05) is 0 Å². The third-order valence-electron chi connectivity index (χ3n) is 5.09. The maximum atomic E-state index is 13.3. The standard InChI is InChI=1S/C22H19FN4O4/c1-12-19(13-7-9-14(23)10-8-13)26-27-17(11-18(28)25-20(12)27)21(29)24-16-6-4-3-5-15(16)22(30)31-2/h3-10,17H,11H2,1-2H3,(H,24,29)(H,25,28)/t17-/m1/s1. The summed E-state index contributed by atoms with van der Waals surface area (Å²) in [6.07, 6.45) is -0.122. The minimum atomic E-state index is -0.928. The molecule has 1 aliphatic rings. The van der Waals surface area contributed by atoms with Crippen molar-refractivity contribution in [1.29, 1.82) is 0 Å². The summed E-state index contributed by atoms with van der Waals surface area (Å²) in [6, 6.07) is 11.3. The average Bonchev–Trinajstić information content (AvgIpc) is 3.10. The zero-order chi connectivity index (χ0) is 22.1. The Balaban J connectivity index is 1.69. The fourth-order valence-corrected chi connectivity index (χ4v) is 3.52. The van der Waals surface area contributed by atoms with Gasteiger partial charge in [-0.2, -0.15) is 5.10 Å². The van der Waals surface area contributed by atoms with Gasteiger partial charge in [0.15, 0.2) is 0 Å². The molecule has 0 spiro atoms. The van der Waals surface area contributed by atoms with Crippen molar-refractivity contribution in [3.63, 3.8) is 0 Å². The number of aromatic nitrogens is 2. The predicted octanol–water partition coefficient (Wildman–Crippen LogP) is 3.31. The first-order chi connectivity index (χ1) is 14.9. The van der Waals surface area contributed by atoms with Crippen LogP contribution in [0.25, 0.3) is 11.3 Å². The van der Waals surface area contributed by atoms with Crippen molar-refractivity contribution in [2.24, 2.45) is 0 Å². The fourth-order valence-electron chi connectivity index (χ4n) is 3.52. The average molecular weight is 422 g/mol. The number of hydrogen-bond acceptors (Lipinski definition) is 5. The number of ether oxygens (including phenoxy) is 1. The van der Waals surface area contributed by atoms with Crippen LogP contribution in [0.1, 0.15) is 28.4 Å². The van der Waals surface area contributed by atoms with E-state index in [1.54, 1.807) is 37.3 Å². The van der Waals surface area contributed by atoms with Gasteiger partial charge in [-0.05, 0) is 43.3 Å². The molecule has 0 saturated heterocycles. The van der Waals surface area contributed by atoms with Gasteiger partial charge in [0.25, 0.3) is 0 Å². The van der Waals surface area contributed by atoms with Gasteiger partial charge in [0.1, 0.15) is 17.7 Å². The van der Waals surface area contributed by atoms with Gasteiger partial charge >= 0.3 is 5.97 Å². The van der Waals surface area contributed by atoms with Crippen LogP contribution < -0.4 is 10.6 Å². The third kappa shape index (κ3) is 3.77. The van der Waals surface area contributed by atoms with Gasteiger partial charge in [0.2, 0.25) is 11.8 Å². The number of anilines is 2. The molecule has 1 aromatic heterocycles. The van der Waals surface area contributed by atoms with Crippen LogP contribution in [-0.2, 0) is 14.3 Å². The van der Waals surface area contributed by atoms with Crippen LogP contribution in [0.15, 0.2) is 48.5 Å². The Morgan fingerprint density at radius 2 is 1.90 bits per heavy atom.